The van der Waals surface area contributed by atoms with E-state index in [1.807, 2.05) is 6.07 Å². The summed E-state index contributed by atoms with van der Waals surface area (Å²) in [5.41, 5.74) is 1.88. The molecule has 0 atom stereocenters. The van der Waals surface area contributed by atoms with Gasteiger partial charge in [0, 0.05) is 44.0 Å². The summed E-state index contributed by atoms with van der Waals surface area (Å²) in [5.74, 6) is -1.23. The number of alkyl halides is 6. The lowest BCUT2D eigenvalue weighted by Crippen LogP contribution is -2.54. The lowest BCUT2D eigenvalue weighted by atomic mass is 9.84. The maximum atomic E-state index is 12.8. The third-order valence-corrected chi connectivity index (χ3v) is 8.25. The summed E-state index contributed by atoms with van der Waals surface area (Å²) < 4.78 is 80.9. The Morgan fingerprint density at radius 1 is 1.02 bits per heavy atom. The molecule has 1 aromatic carbocycles. The summed E-state index contributed by atoms with van der Waals surface area (Å²) in [4.78, 5) is 32.4. The fraction of sp³-hybridized carbons (Fsp3) is 0.654. The van der Waals surface area contributed by atoms with Gasteiger partial charge < -0.3 is 19.6 Å². The molecule has 220 valence electrons. The first-order valence-electron chi connectivity index (χ1n) is 13.1. The van der Waals surface area contributed by atoms with E-state index in [-0.39, 0.29) is 18.6 Å². The lowest BCUT2D eigenvalue weighted by Gasteiger charge is -2.45. The number of halogens is 6. The Bertz CT molecular complexity index is 1120. The number of amides is 1. The van der Waals surface area contributed by atoms with E-state index < -0.39 is 36.4 Å². The SMILES string of the molecule is [C-]#[N+]c1ccc(CN2CCCC23CCN(C(=O)OC(C(F)(F)F)C(F)(F)F)CC3)c(N2CCC(C(=O)O)CC2)c1. The van der Waals surface area contributed by atoms with Gasteiger partial charge in [-0.15, -0.1) is 0 Å². The summed E-state index contributed by atoms with van der Waals surface area (Å²) in [6, 6.07) is 5.39. The van der Waals surface area contributed by atoms with Crippen LogP contribution >= 0.6 is 0 Å². The van der Waals surface area contributed by atoms with Gasteiger partial charge in [-0.2, -0.15) is 26.3 Å². The first-order chi connectivity index (χ1) is 18.7. The van der Waals surface area contributed by atoms with Crippen molar-refractivity contribution in [3.63, 3.8) is 0 Å². The number of carbonyl (C=O) groups is 2. The van der Waals surface area contributed by atoms with Gasteiger partial charge in [-0.1, -0.05) is 12.1 Å². The number of nitrogens with zero attached hydrogens (tertiary/aromatic N) is 4. The molecule has 0 aliphatic carbocycles. The Kier molecular flexibility index (Phi) is 8.44. The second-order valence-electron chi connectivity index (χ2n) is 10.6. The third-order valence-electron chi connectivity index (χ3n) is 8.25. The predicted molar refractivity (Wildman–Crippen MR) is 131 cm³/mol. The number of piperidine rings is 2. The van der Waals surface area contributed by atoms with Crippen molar-refractivity contribution < 1.29 is 45.8 Å². The number of hydrogen-bond acceptors (Lipinski definition) is 5. The minimum Gasteiger partial charge on any atom is -0.481 e. The van der Waals surface area contributed by atoms with Crippen LogP contribution in [0.3, 0.4) is 0 Å². The fourth-order valence-corrected chi connectivity index (χ4v) is 6.03. The van der Waals surface area contributed by atoms with Crippen molar-refractivity contribution in [3.05, 3.63) is 35.2 Å². The Labute approximate surface area is 227 Å². The topological polar surface area (TPSA) is 77.7 Å². The van der Waals surface area contributed by atoms with Gasteiger partial charge in [0.2, 0.25) is 0 Å². The number of benzene rings is 1. The predicted octanol–water partition coefficient (Wildman–Crippen LogP) is 5.60. The van der Waals surface area contributed by atoms with Crippen LogP contribution in [0, 0.1) is 12.5 Å². The van der Waals surface area contributed by atoms with Crippen molar-refractivity contribution in [3.8, 4) is 0 Å². The molecule has 1 spiro atoms. The molecule has 3 aliphatic rings. The molecule has 1 N–H and O–H groups in total. The van der Waals surface area contributed by atoms with Crippen molar-refractivity contribution >= 4 is 23.4 Å². The zero-order valence-electron chi connectivity index (χ0n) is 21.6. The van der Waals surface area contributed by atoms with E-state index in [0.29, 0.717) is 51.0 Å². The van der Waals surface area contributed by atoms with E-state index in [4.69, 9.17) is 6.57 Å². The van der Waals surface area contributed by atoms with Gasteiger partial charge in [0.05, 0.1) is 12.5 Å². The van der Waals surface area contributed by atoms with E-state index >= 15 is 0 Å². The van der Waals surface area contributed by atoms with Crippen LogP contribution < -0.4 is 4.90 Å². The minimum absolute atomic E-state index is 0.0377. The van der Waals surface area contributed by atoms with Crippen LogP contribution in [0.2, 0.25) is 0 Å². The summed E-state index contributed by atoms with van der Waals surface area (Å²) in [6.45, 7) is 9.62. The summed E-state index contributed by atoms with van der Waals surface area (Å²) in [7, 11) is 0. The highest BCUT2D eigenvalue weighted by molar-refractivity contribution is 5.71. The van der Waals surface area contributed by atoms with Gasteiger partial charge >= 0.3 is 24.4 Å². The number of carboxylic acid groups (broad SMARTS) is 1. The Balaban J connectivity index is 1.44. The van der Waals surface area contributed by atoms with Crippen LogP contribution in [0.25, 0.3) is 4.85 Å². The summed E-state index contributed by atoms with van der Waals surface area (Å²) >= 11 is 0. The molecular weight excluding hydrogens is 546 g/mol. The third kappa shape index (κ3) is 6.40. The lowest BCUT2D eigenvalue weighted by molar-refractivity contribution is -0.308. The van der Waals surface area contributed by atoms with Crippen LogP contribution in [-0.2, 0) is 16.1 Å². The summed E-state index contributed by atoms with van der Waals surface area (Å²) in [6.07, 6.45) is -14.0. The highest BCUT2D eigenvalue weighted by Gasteiger charge is 2.60. The molecule has 0 saturated carbocycles. The van der Waals surface area contributed by atoms with E-state index in [1.54, 1.807) is 12.1 Å². The molecule has 3 aliphatic heterocycles. The molecule has 8 nitrogen and oxygen atoms in total. The largest absolute Gasteiger partial charge is 0.481 e. The standard InChI is InChI=1S/C26H30F6N4O4/c1-33-19-4-3-18(20(15-19)34-11-5-17(6-12-34)21(37)38)16-36-10-2-7-24(36)8-13-35(14-9-24)23(39)40-22(25(27,28)29)26(30,31)32/h3-4,15,17,22H,2,5-14,16H2,(H,37,38). The smallest absolute Gasteiger partial charge is 0.434 e. The monoisotopic (exact) mass is 576 g/mol. The number of likely N-dealkylation sites (tertiary alicyclic amines) is 2. The van der Waals surface area contributed by atoms with Crippen molar-refractivity contribution in [1.82, 2.24) is 9.80 Å². The quantitative estimate of drug-likeness (QED) is 0.364. The van der Waals surface area contributed by atoms with Crippen LogP contribution in [0.4, 0.5) is 42.5 Å². The zero-order chi connectivity index (χ0) is 29.3. The minimum atomic E-state index is -5.77. The highest BCUT2D eigenvalue weighted by Crippen LogP contribution is 2.42. The number of anilines is 1. The normalized spacial score (nSPS) is 20.6. The molecule has 4 rings (SSSR count). The fourth-order valence-electron chi connectivity index (χ4n) is 6.03. The second kappa shape index (κ2) is 11.3. The average molecular weight is 577 g/mol. The van der Waals surface area contributed by atoms with Crippen LogP contribution in [-0.4, -0.2) is 83.7 Å². The van der Waals surface area contributed by atoms with Gasteiger partial charge in [-0.3, -0.25) is 9.69 Å². The van der Waals surface area contributed by atoms with Crippen molar-refractivity contribution in [1.29, 1.82) is 0 Å². The van der Waals surface area contributed by atoms with Gasteiger partial charge in [0.25, 0.3) is 6.10 Å². The van der Waals surface area contributed by atoms with E-state index in [9.17, 15) is 41.0 Å². The van der Waals surface area contributed by atoms with Gasteiger partial charge in [0.1, 0.15) is 0 Å². The number of ether oxygens (including phenoxy) is 1. The van der Waals surface area contributed by atoms with E-state index in [1.165, 1.54) is 0 Å². The first-order valence-corrected chi connectivity index (χ1v) is 13.1. The van der Waals surface area contributed by atoms with Crippen LogP contribution in [0.15, 0.2) is 18.2 Å². The second-order valence-corrected chi connectivity index (χ2v) is 10.6. The highest BCUT2D eigenvalue weighted by atomic mass is 19.4. The van der Waals surface area contributed by atoms with Crippen molar-refractivity contribution in [2.45, 2.75) is 69.1 Å². The van der Waals surface area contributed by atoms with Crippen molar-refractivity contribution in [2.24, 2.45) is 5.92 Å². The van der Waals surface area contributed by atoms with Crippen LogP contribution in [0.5, 0.6) is 0 Å². The molecule has 3 saturated heterocycles. The molecule has 14 heteroatoms. The maximum Gasteiger partial charge on any atom is 0.434 e. The molecule has 40 heavy (non-hydrogen) atoms. The first kappa shape index (κ1) is 29.8. The van der Waals surface area contributed by atoms with Crippen LogP contribution in [0.1, 0.15) is 44.1 Å². The molecular formula is C26H30F6N4O4. The molecule has 1 amide bonds. The number of aliphatic carboxylic acids is 1. The molecule has 0 unspecified atom stereocenters. The van der Waals surface area contributed by atoms with Crippen molar-refractivity contribution in [2.75, 3.05) is 37.6 Å². The molecule has 3 fully saturated rings. The zero-order valence-corrected chi connectivity index (χ0v) is 21.6. The molecule has 1 aromatic rings. The van der Waals surface area contributed by atoms with Gasteiger partial charge in [-0.25, -0.2) is 9.64 Å². The Morgan fingerprint density at radius 2 is 1.65 bits per heavy atom. The number of rotatable bonds is 5. The van der Waals surface area contributed by atoms with Gasteiger partial charge in [0.15, 0.2) is 5.69 Å². The number of carboxylic acids is 1. The van der Waals surface area contributed by atoms with E-state index in [0.717, 1.165) is 35.5 Å². The number of carbonyl (C=O) groups excluding carboxylic acids is 1. The van der Waals surface area contributed by atoms with Gasteiger partial charge in [-0.05, 0) is 56.7 Å². The number of hydrogen-bond donors (Lipinski definition) is 1. The van der Waals surface area contributed by atoms with E-state index in [2.05, 4.69) is 19.4 Å². The Hall–Kier alpha value is -3.21. The molecule has 0 bridgehead atoms. The summed E-state index contributed by atoms with van der Waals surface area (Å²) in [5, 5.41) is 9.33. The Morgan fingerprint density at radius 3 is 2.20 bits per heavy atom. The molecule has 0 radical (unpaired) electrons. The molecule has 0 aromatic heterocycles. The molecule has 3 heterocycles. The average Bonchev–Trinajstić information content (AvgIpc) is 3.27. The maximum absolute atomic E-state index is 12.8.